The van der Waals surface area contributed by atoms with Crippen molar-refractivity contribution in [3.8, 4) is 0 Å². The monoisotopic (exact) mass is 346 g/mol. The van der Waals surface area contributed by atoms with Crippen LogP contribution in [0.2, 0.25) is 0 Å². The Bertz CT molecular complexity index is 576. The van der Waals surface area contributed by atoms with E-state index in [4.69, 9.17) is 4.74 Å². The van der Waals surface area contributed by atoms with Crippen molar-refractivity contribution < 1.29 is 9.84 Å². The van der Waals surface area contributed by atoms with Crippen molar-refractivity contribution in [2.45, 2.75) is 25.1 Å². The number of hydrogen-bond donors (Lipinski definition) is 2. The summed E-state index contributed by atoms with van der Waals surface area (Å²) < 4.78 is 6.00. The summed E-state index contributed by atoms with van der Waals surface area (Å²) in [6.45, 7) is 4.63. The molecule has 5 heteroatoms. The fraction of sp³-hybridized carbons (Fsp3) is 0.474. The molecule has 0 bridgehead atoms. The quantitative estimate of drug-likeness (QED) is 0.809. The molecule has 2 heterocycles. The standard InChI is InChI=1S/C19H26N2O2S/c22-14-19(17-7-10-24-15-17)20-11-18-13-21(8-4-9-23-18)12-16-5-2-1-3-6-16/h1-3,5-7,10,15,18-20,22H,4,8-9,11-14H2/t18-,19-/m1/s1. The Morgan fingerprint density at radius 2 is 2.17 bits per heavy atom. The summed E-state index contributed by atoms with van der Waals surface area (Å²) in [5.74, 6) is 0. The second-order valence-electron chi connectivity index (χ2n) is 6.27. The summed E-state index contributed by atoms with van der Waals surface area (Å²) in [5, 5.41) is 17.2. The lowest BCUT2D eigenvalue weighted by atomic mass is 10.1. The Kier molecular flexibility index (Phi) is 6.81. The molecule has 0 radical (unpaired) electrons. The molecule has 3 rings (SSSR count). The number of benzene rings is 1. The highest BCUT2D eigenvalue weighted by Crippen LogP contribution is 2.16. The van der Waals surface area contributed by atoms with Gasteiger partial charge < -0.3 is 15.2 Å². The van der Waals surface area contributed by atoms with E-state index in [0.717, 1.165) is 44.8 Å². The molecule has 0 amide bonds. The highest BCUT2D eigenvalue weighted by molar-refractivity contribution is 7.07. The lowest BCUT2D eigenvalue weighted by Crippen LogP contribution is -2.39. The van der Waals surface area contributed by atoms with Gasteiger partial charge in [-0.25, -0.2) is 0 Å². The molecule has 0 spiro atoms. The SMILES string of the molecule is OC[C@@H](NC[C@@H]1CN(Cc2ccccc2)CCCO1)c1ccsc1. The topological polar surface area (TPSA) is 44.7 Å². The van der Waals surface area contributed by atoms with Crippen LogP contribution in [0.25, 0.3) is 0 Å². The minimum Gasteiger partial charge on any atom is -0.394 e. The second kappa shape index (κ2) is 9.30. The molecule has 4 nitrogen and oxygen atoms in total. The van der Waals surface area contributed by atoms with E-state index in [9.17, 15) is 5.11 Å². The molecule has 2 N–H and O–H groups in total. The summed E-state index contributed by atoms with van der Waals surface area (Å²) in [7, 11) is 0. The minimum absolute atomic E-state index is 0.00863. The third kappa shape index (κ3) is 5.13. The molecule has 0 saturated carbocycles. The molecular formula is C19H26N2O2S. The molecular weight excluding hydrogens is 320 g/mol. The van der Waals surface area contributed by atoms with Gasteiger partial charge in [0.1, 0.15) is 0 Å². The fourth-order valence-corrected chi connectivity index (χ4v) is 3.83. The highest BCUT2D eigenvalue weighted by atomic mass is 32.1. The van der Waals surface area contributed by atoms with Gasteiger partial charge in [-0.3, -0.25) is 4.90 Å². The van der Waals surface area contributed by atoms with Gasteiger partial charge in [0.25, 0.3) is 0 Å². The van der Waals surface area contributed by atoms with Crippen molar-refractivity contribution in [3.63, 3.8) is 0 Å². The van der Waals surface area contributed by atoms with E-state index in [2.05, 4.69) is 52.0 Å². The van der Waals surface area contributed by atoms with E-state index in [0.29, 0.717) is 0 Å². The van der Waals surface area contributed by atoms with Crippen LogP contribution in [0.4, 0.5) is 0 Å². The normalized spacial score (nSPS) is 20.6. The van der Waals surface area contributed by atoms with Gasteiger partial charge in [-0.1, -0.05) is 30.3 Å². The number of rotatable bonds is 7. The van der Waals surface area contributed by atoms with Gasteiger partial charge >= 0.3 is 0 Å². The lowest BCUT2D eigenvalue weighted by molar-refractivity contribution is 0.0497. The van der Waals surface area contributed by atoms with Gasteiger partial charge in [0, 0.05) is 32.8 Å². The first-order chi connectivity index (χ1) is 11.8. The van der Waals surface area contributed by atoms with Gasteiger partial charge in [0.2, 0.25) is 0 Å². The van der Waals surface area contributed by atoms with E-state index in [1.54, 1.807) is 11.3 Å². The number of hydrogen-bond acceptors (Lipinski definition) is 5. The maximum atomic E-state index is 9.62. The van der Waals surface area contributed by atoms with Crippen LogP contribution in [0.5, 0.6) is 0 Å². The second-order valence-corrected chi connectivity index (χ2v) is 7.05. The molecule has 24 heavy (non-hydrogen) atoms. The molecule has 0 aliphatic carbocycles. The smallest absolute Gasteiger partial charge is 0.0826 e. The van der Waals surface area contributed by atoms with Crippen LogP contribution in [0.3, 0.4) is 0 Å². The van der Waals surface area contributed by atoms with Crippen LogP contribution < -0.4 is 5.32 Å². The summed E-state index contributed by atoms with van der Waals surface area (Å²) in [4.78, 5) is 2.47. The number of aliphatic hydroxyl groups is 1. The predicted octanol–water partition coefficient (Wildman–Crippen LogP) is 2.66. The first kappa shape index (κ1) is 17.6. The Morgan fingerprint density at radius 1 is 1.29 bits per heavy atom. The largest absolute Gasteiger partial charge is 0.394 e. The number of aliphatic hydroxyl groups excluding tert-OH is 1. The number of ether oxygens (including phenoxy) is 1. The van der Waals surface area contributed by atoms with Crippen molar-refractivity contribution in [1.29, 1.82) is 0 Å². The summed E-state index contributed by atoms with van der Waals surface area (Å²) in [6, 6.07) is 12.7. The average Bonchev–Trinajstić information content (AvgIpc) is 3.05. The Hall–Kier alpha value is -1.24. The van der Waals surface area contributed by atoms with Crippen molar-refractivity contribution in [3.05, 3.63) is 58.3 Å². The predicted molar refractivity (Wildman–Crippen MR) is 98.2 cm³/mol. The first-order valence-electron chi connectivity index (χ1n) is 8.59. The van der Waals surface area contributed by atoms with Gasteiger partial charge in [-0.2, -0.15) is 11.3 Å². The number of nitrogens with one attached hydrogen (secondary N) is 1. The molecule has 1 aliphatic heterocycles. The van der Waals surface area contributed by atoms with E-state index in [-0.39, 0.29) is 18.8 Å². The Labute approximate surface area is 148 Å². The molecule has 1 aromatic carbocycles. The third-order valence-corrected chi connectivity index (χ3v) is 5.10. The van der Waals surface area contributed by atoms with Crippen LogP contribution >= 0.6 is 11.3 Å². The van der Waals surface area contributed by atoms with E-state index in [1.807, 2.05) is 5.38 Å². The van der Waals surface area contributed by atoms with Crippen molar-refractivity contribution in [2.24, 2.45) is 0 Å². The molecule has 1 fully saturated rings. The molecule has 1 saturated heterocycles. The number of nitrogens with zero attached hydrogens (tertiary/aromatic N) is 1. The first-order valence-corrected chi connectivity index (χ1v) is 9.53. The number of thiophene rings is 1. The molecule has 0 unspecified atom stereocenters. The van der Waals surface area contributed by atoms with Crippen LogP contribution in [0.15, 0.2) is 47.2 Å². The molecule has 130 valence electrons. The Balaban J connectivity index is 1.53. The molecule has 1 aliphatic rings. The molecule has 2 aromatic rings. The summed E-state index contributed by atoms with van der Waals surface area (Å²) in [6.07, 6.45) is 1.22. The van der Waals surface area contributed by atoms with Gasteiger partial charge in [-0.05, 0) is 34.4 Å². The zero-order chi connectivity index (χ0) is 16.6. The van der Waals surface area contributed by atoms with Crippen LogP contribution in [0, 0.1) is 0 Å². The van der Waals surface area contributed by atoms with Crippen molar-refractivity contribution >= 4 is 11.3 Å². The third-order valence-electron chi connectivity index (χ3n) is 4.40. The minimum atomic E-state index is -0.00863. The van der Waals surface area contributed by atoms with Gasteiger partial charge in [0.15, 0.2) is 0 Å². The lowest BCUT2D eigenvalue weighted by Gasteiger charge is -2.25. The van der Waals surface area contributed by atoms with E-state index < -0.39 is 0 Å². The van der Waals surface area contributed by atoms with Crippen LogP contribution in [0.1, 0.15) is 23.6 Å². The summed E-state index contributed by atoms with van der Waals surface area (Å²) >= 11 is 1.66. The van der Waals surface area contributed by atoms with E-state index in [1.165, 1.54) is 5.56 Å². The van der Waals surface area contributed by atoms with Crippen molar-refractivity contribution in [2.75, 3.05) is 32.8 Å². The maximum Gasteiger partial charge on any atom is 0.0826 e. The fourth-order valence-electron chi connectivity index (χ4n) is 3.11. The van der Waals surface area contributed by atoms with Crippen LogP contribution in [-0.2, 0) is 11.3 Å². The van der Waals surface area contributed by atoms with Gasteiger partial charge in [-0.15, -0.1) is 0 Å². The van der Waals surface area contributed by atoms with Crippen molar-refractivity contribution in [1.82, 2.24) is 10.2 Å². The molecule has 2 atom stereocenters. The summed E-state index contributed by atoms with van der Waals surface area (Å²) in [5.41, 5.74) is 2.50. The molecule has 1 aromatic heterocycles. The Morgan fingerprint density at radius 3 is 2.92 bits per heavy atom. The maximum absolute atomic E-state index is 9.62. The zero-order valence-electron chi connectivity index (χ0n) is 13.9. The van der Waals surface area contributed by atoms with Gasteiger partial charge in [0.05, 0.1) is 18.8 Å². The average molecular weight is 346 g/mol. The van der Waals surface area contributed by atoms with Crippen LogP contribution in [-0.4, -0.2) is 49.0 Å². The zero-order valence-corrected chi connectivity index (χ0v) is 14.8. The van der Waals surface area contributed by atoms with E-state index >= 15 is 0 Å². The highest BCUT2D eigenvalue weighted by Gasteiger charge is 2.20.